The Labute approximate surface area is 93.5 Å². The minimum absolute atomic E-state index is 0.658. The van der Waals surface area contributed by atoms with Crippen LogP contribution < -0.4 is 5.32 Å². The lowest BCUT2D eigenvalue weighted by Gasteiger charge is -2.02. The SMILES string of the molecule is CCc1nn(C)cc1CNc1nnnn1C. The van der Waals surface area contributed by atoms with Crippen LogP contribution in [0, 0.1) is 0 Å². The van der Waals surface area contributed by atoms with Gasteiger partial charge in [0.25, 0.3) is 0 Å². The molecule has 0 atom stereocenters. The van der Waals surface area contributed by atoms with Crippen LogP contribution in [-0.2, 0) is 27.1 Å². The number of aryl methyl sites for hydroxylation is 3. The third-order valence-electron chi connectivity index (χ3n) is 2.38. The van der Waals surface area contributed by atoms with E-state index in [1.165, 1.54) is 5.56 Å². The summed E-state index contributed by atoms with van der Waals surface area (Å²) in [6.07, 6.45) is 2.94. The first-order chi connectivity index (χ1) is 7.70. The van der Waals surface area contributed by atoms with Crippen LogP contribution >= 0.6 is 0 Å². The first kappa shape index (κ1) is 10.6. The summed E-state index contributed by atoms with van der Waals surface area (Å²) in [5.74, 6) is 0.658. The number of tetrazole rings is 1. The number of rotatable bonds is 4. The molecule has 0 bridgehead atoms. The van der Waals surface area contributed by atoms with Crippen molar-refractivity contribution in [1.82, 2.24) is 30.0 Å². The van der Waals surface area contributed by atoms with Crippen LogP contribution in [0.25, 0.3) is 0 Å². The topological polar surface area (TPSA) is 73.5 Å². The molecule has 86 valence electrons. The molecule has 2 heterocycles. The monoisotopic (exact) mass is 221 g/mol. The molecule has 0 aromatic carbocycles. The summed E-state index contributed by atoms with van der Waals surface area (Å²) in [4.78, 5) is 0. The highest BCUT2D eigenvalue weighted by Gasteiger charge is 2.07. The van der Waals surface area contributed by atoms with Gasteiger partial charge < -0.3 is 5.32 Å². The van der Waals surface area contributed by atoms with Crippen molar-refractivity contribution in [3.8, 4) is 0 Å². The van der Waals surface area contributed by atoms with Crippen LogP contribution in [0.1, 0.15) is 18.2 Å². The minimum Gasteiger partial charge on any atom is -0.349 e. The number of aromatic nitrogens is 6. The van der Waals surface area contributed by atoms with Gasteiger partial charge in [0.2, 0.25) is 5.95 Å². The first-order valence-electron chi connectivity index (χ1n) is 5.18. The van der Waals surface area contributed by atoms with Crippen LogP contribution in [0.4, 0.5) is 5.95 Å². The molecule has 0 aliphatic rings. The lowest BCUT2D eigenvalue weighted by atomic mass is 10.2. The number of nitrogens with zero attached hydrogens (tertiary/aromatic N) is 6. The van der Waals surface area contributed by atoms with Crippen molar-refractivity contribution in [2.24, 2.45) is 14.1 Å². The average Bonchev–Trinajstić information content (AvgIpc) is 2.81. The molecule has 0 amide bonds. The molecule has 16 heavy (non-hydrogen) atoms. The van der Waals surface area contributed by atoms with Crippen LogP contribution in [0.5, 0.6) is 0 Å². The Hall–Kier alpha value is -1.92. The van der Waals surface area contributed by atoms with Gasteiger partial charge in [-0.2, -0.15) is 5.10 Å². The van der Waals surface area contributed by atoms with Gasteiger partial charge in [-0.1, -0.05) is 12.0 Å². The lowest BCUT2D eigenvalue weighted by molar-refractivity contribution is 0.712. The van der Waals surface area contributed by atoms with Crippen molar-refractivity contribution in [2.45, 2.75) is 19.9 Å². The average molecular weight is 221 g/mol. The van der Waals surface area contributed by atoms with Gasteiger partial charge in [0.15, 0.2) is 0 Å². The summed E-state index contributed by atoms with van der Waals surface area (Å²) in [5, 5.41) is 18.7. The Morgan fingerprint density at radius 3 is 2.81 bits per heavy atom. The Balaban J connectivity index is 2.07. The summed E-state index contributed by atoms with van der Waals surface area (Å²) in [6, 6.07) is 0. The van der Waals surface area contributed by atoms with E-state index in [2.05, 4.69) is 32.9 Å². The molecule has 0 saturated heterocycles. The van der Waals surface area contributed by atoms with E-state index in [-0.39, 0.29) is 0 Å². The van der Waals surface area contributed by atoms with Crippen LogP contribution in [0.2, 0.25) is 0 Å². The Morgan fingerprint density at radius 1 is 1.38 bits per heavy atom. The fourth-order valence-corrected chi connectivity index (χ4v) is 1.58. The third-order valence-corrected chi connectivity index (χ3v) is 2.38. The molecule has 0 radical (unpaired) electrons. The highest BCUT2D eigenvalue weighted by molar-refractivity contribution is 5.27. The van der Waals surface area contributed by atoms with Gasteiger partial charge in [-0.15, -0.1) is 0 Å². The quantitative estimate of drug-likeness (QED) is 0.793. The number of hydrogen-bond acceptors (Lipinski definition) is 5. The normalized spacial score (nSPS) is 10.7. The Bertz CT molecular complexity index is 470. The molecular weight excluding hydrogens is 206 g/mol. The second kappa shape index (κ2) is 4.30. The van der Waals surface area contributed by atoms with Crippen LogP contribution in [0.3, 0.4) is 0 Å². The van der Waals surface area contributed by atoms with Crippen molar-refractivity contribution in [3.05, 3.63) is 17.5 Å². The number of anilines is 1. The molecule has 0 aliphatic carbocycles. The summed E-state index contributed by atoms with van der Waals surface area (Å²) >= 11 is 0. The molecule has 1 N–H and O–H groups in total. The Kier molecular flexibility index (Phi) is 2.84. The first-order valence-corrected chi connectivity index (χ1v) is 5.18. The molecule has 0 fully saturated rings. The highest BCUT2D eigenvalue weighted by Crippen LogP contribution is 2.09. The zero-order valence-corrected chi connectivity index (χ0v) is 9.67. The van der Waals surface area contributed by atoms with E-state index in [1.807, 2.05) is 17.9 Å². The maximum absolute atomic E-state index is 4.37. The molecule has 0 unspecified atom stereocenters. The van der Waals surface area contributed by atoms with Gasteiger partial charge in [0.05, 0.1) is 5.69 Å². The van der Waals surface area contributed by atoms with Gasteiger partial charge in [-0.3, -0.25) is 4.68 Å². The number of nitrogens with one attached hydrogen (secondary N) is 1. The maximum Gasteiger partial charge on any atom is 0.242 e. The predicted molar refractivity (Wildman–Crippen MR) is 58.7 cm³/mol. The van der Waals surface area contributed by atoms with Crippen LogP contribution in [0.15, 0.2) is 6.20 Å². The van der Waals surface area contributed by atoms with E-state index < -0.39 is 0 Å². The maximum atomic E-state index is 4.37. The zero-order chi connectivity index (χ0) is 11.5. The van der Waals surface area contributed by atoms with Crippen molar-refractivity contribution in [3.63, 3.8) is 0 Å². The van der Waals surface area contributed by atoms with E-state index in [0.29, 0.717) is 12.5 Å². The summed E-state index contributed by atoms with van der Waals surface area (Å²) in [6.45, 7) is 2.78. The Morgan fingerprint density at radius 2 is 2.19 bits per heavy atom. The smallest absolute Gasteiger partial charge is 0.242 e. The molecule has 7 heteroatoms. The van der Waals surface area contributed by atoms with Gasteiger partial charge in [-0.05, 0) is 16.8 Å². The standard InChI is InChI=1S/C9H15N7/c1-4-8-7(6-15(2)12-8)5-10-9-11-13-14-16(9)3/h6H,4-5H2,1-3H3,(H,10,11,14). The van der Waals surface area contributed by atoms with Gasteiger partial charge in [0, 0.05) is 32.4 Å². The van der Waals surface area contributed by atoms with Crippen molar-refractivity contribution in [2.75, 3.05) is 5.32 Å². The van der Waals surface area contributed by atoms with Crippen molar-refractivity contribution in [1.29, 1.82) is 0 Å². The van der Waals surface area contributed by atoms with E-state index in [0.717, 1.165) is 12.1 Å². The summed E-state index contributed by atoms with van der Waals surface area (Å²) in [5.41, 5.74) is 2.28. The fraction of sp³-hybridized carbons (Fsp3) is 0.556. The van der Waals surface area contributed by atoms with E-state index >= 15 is 0 Å². The lowest BCUT2D eigenvalue weighted by Crippen LogP contribution is -2.06. The molecule has 2 rings (SSSR count). The third kappa shape index (κ3) is 2.02. The van der Waals surface area contributed by atoms with Gasteiger partial charge in [-0.25, -0.2) is 4.68 Å². The van der Waals surface area contributed by atoms with Crippen molar-refractivity contribution >= 4 is 5.95 Å². The van der Waals surface area contributed by atoms with Gasteiger partial charge >= 0.3 is 0 Å². The minimum atomic E-state index is 0.658. The van der Waals surface area contributed by atoms with E-state index in [4.69, 9.17) is 0 Å². The molecule has 0 spiro atoms. The molecular formula is C9H15N7. The second-order valence-electron chi connectivity index (χ2n) is 3.61. The fourth-order valence-electron chi connectivity index (χ4n) is 1.58. The molecule has 0 aliphatic heterocycles. The van der Waals surface area contributed by atoms with Crippen molar-refractivity contribution < 1.29 is 0 Å². The van der Waals surface area contributed by atoms with E-state index in [9.17, 15) is 0 Å². The number of hydrogen-bond donors (Lipinski definition) is 1. The second-order valence-corrected chi connectivity index (χ2v) is 3.61. The summed E-state index contributed by atoms with van der Waals surface area (Å²) < 4.78 is 3.42. The highest BCUT2D eigenvalue weighted by atomic mass is 15.6. The van der Waals surface area contributed by atoms with Crippen LogP contribution in [-0.4, -0.2) is 30.0 Å². The molecule has 2 aromatic rings. The molecule has 7 nitrogen and oxygen atoms in total. The predicted octanol–water partition coefficient (Wildman–Crippen LogP) is 0.118. The molecule has 0 saturated carbocycles. The largest absolute Gasteiger partial charge is 0.349 e. The zero-order valence-electron chi connectivity index (χ0n) is 9.67. The summed E-state index contributed by atoms with van der Waals surface area (Å²) in [7, 11) is 3.72. The molecule has 2 aromatic heterocycles. The van der Waals surface area contributed by atoms with E-state index in [1.54, 1.807) is 11.7 Å². The van der Waals surface area contributed by atoms with Gasteiger partial charge in [0.1, 0.15) is 0 Å².